The molecule has 23 heavy (non-hydrogen) atoms. The average molecular weight is 317 g/mol. The Labute approximate surface area is 132 Å². The molecule has 1 unspecified atom stereocenters. The molecule has 6 heteroatoms. The molecule has 0 radical (unpaired) electrons. The summed E-state index contributed by atoms with van der Waals surface area (Å²) in [6.45, 7) is -0.100. The van der Waals surface area contributed by atoms with Crippen LogP contribution in [0, 0.1) is 5.82 Å². The number of carbonyl (C=O) groups excluding carboxylic acids is 1. The Morgan fingerprint density at radius 1 is 1.13 bits per heavy atom. The van der Waals surface area contributed by atoms with E-state index in [1.54, 1.807) is 12.1 Å². The third-order valence-corrected chi connectivity index (χ3v) is 3.21. The van der Waals surface area contributed by atoms with Crippen LogP contribution in [0.3, 0.4) is 0 Å². The van der Waals surface area contributed by atoms with E-state index in [2.05, 4.69) is 5.32 Å². The van der Waals surface area contributed by atoms with Gasteiger partial charge in [-0.05, 0) is 23.3 Å². The van der Waals surface area contributed by atoms with Crippen molar-refractivity contribution in [2.75, 3.05) is 6.54 Å². The van der Waals surface area contributed by atoms with Crippen LogP contribution in [0.4, 0.5) is 9.18 Å². The number of halogens is 1. The van der Waals surface area contributed by atoms with Crippen molar-refractivity contribution in [3.05, 3.63) is 71.5 Å². The van der Waals surface area contributed by atoms with Gasteiger partial charge in [0, 0.05) is 6.54 Å². The second kappa shape index (κ2) is 7.93. The lowest BCUT2D eigenvalue weighted by molar-refractivity contribution is -0.138. The largest absolute Gasteiger partial charge is 0.481 e. The molecular formula is C17H16FNO4. The second-order valence-corrected chi connectivity index (χ2v) is 4.89. The van der Waals surface area contributed by atoms with Gasteiger partial charge < -0.3 is 15.2 Å². The highest BCUT2D eigenvalue weighted by Gasteiger charge is 2.21. The lowest BCUT2D eigenvalue weighted by Crippen LogP contribution is -2.32. The van der Waals surface area contributed by atoms with Crippen LogP contribution in [-0.4, -0.2) is 23.7 Å². The van der Waals surface area contributed by atoms with Gasteiger partial charge in [-0.1, -0.05) is 42.5 Å². The van der Waals surface area contributed by atoms with E-state index in [1.165, 1.54) is 18.2 Å². The summed E-state index contributed by atoms with van der Waals surface area (Å²) in [5.41, 5.74) is 1.10. The molecule has 1 amide bonds. The van der Waals surface area contributed by atoms with Gasteiger partial charge in [0.15, 0.2) is 0 Å². The normalized spacial score (nSPS) is 11.5. The van der Waals surface area contributed by atoms with Crippen LogP contribution in [0.2, 0.25) is 0 Å². The van der Waals surface area contributed by atoms with E-state index in [9.17, 15) is 19.1 Å². The molecule has 0 saturated heterocycles. The van der Waals surface area contributed by atoms with E-state index >= 15 is 0 Å². The van der Waals surface area contributed by atoms with E-state index in [0.29, 0.717) is 0 Å². The lowest BCUT2D eigenvalue weighted by Gasteiger charge is -2.14. The predicted octanol–water partition coefficient (Wildman–Crippen LogP) is 2.92. The topological polar surface area (TPSA) is 75.6 Å². The van der Waals surface area contributed by atoms with Gasteiger partial charge in [0.2, 0.25) is 0 Å². The Balaban J connectivity index is 1.89. The number of hydrogen-bond acceptors (Lipinski definition) is 3. The maximum absolute atomic E-state index is 13.2. The van der Waals surface area contributed by atoms with Crippen LogP contribution in [-0.2, 0) is 16.1 Å². The molecule has 0 aliphatic rings. The number of nitrogens with one attached hydrogen (secondary N) is 1. The van der Waals surface area contributed by atoms with Gasteiger partial charge in [-0.15, -0.1) is 0 Å². The molecule has 5 nitrogen and oxygen atoms in total. The van der Waals surface area contributed by atoms with Crippen molar-refractivity contribution in [2.24, 2.45) is 0 Å². The molecule has 120 valence electrons. The van der Waals surface area contributed by atoms with Gasteiger partial charge >= 0.3 is 12.1 Å². The van der Waals surface area contributed by atoms with E-state index in [4.69, 9.17) is 4.74 Å². The minimum atomic E-state index is -1.15. The quantitative estimate of drug-likeness (QED) is 0.859. The van der Waals surface area contributed by atoms with Crippen molar-refractivity contribution in [1.82, 2.24) is 5.32 Å². The Hall–Kier alpha value is -2.89. The zero-order valence-electron chi connectivity index (χ0n) is 12.2. The molecule has 0 heterocycles. The smallest absolute Gasteiger partial charge is 0.407 e. The predicted molar refractivity (Wildman–Crippen MR) is 81.4 cm³/mol. The maximum Gasteiger partial charge on any atom is 0.407 e. The van der Waals surface area contributed by atoms with Gasteiger partial charge in [-0.25, -0.2) is 9.18 Å². The average Bonchev–Trinajstić information content (AvgIpc) is 2.54. The molecule has 1 atom stereocenters. The molecular weight excluding hydrogens is 301 g/mol. The number of ether oxygens (including phenoxy) is 1. The minimum absolute atomic E-state index is 0.0877. The number of benzene rings is 2. The fourth-order valence-electron chi connectivity index (χ4n) is 2.03. The number of aliphatic carboxylic acids is 1. The van der Waals surface area contributed by atoms with Crippen LogP contribution in [0.25, 0.3) is 0 Å². The van der Waals surface area contributed by atoms with Crippen molar-refractivity contribution in [3.8, 4) is 0 Å². The molecule has 0 spiro atoms. The Kier molecular flexibility index (Phi) is 5.68. The van der Waals surface area contributed by atoms with E-state index in [0.717, 1.165) is 11.6 Å². The highest BCUT2D eigenvalue weighted by Crippen LogP contribution is 2.16. The van der Waals surface area contributed by atoms with Gasteiger partial charge in [0.05, 0.1) is 5.92 Å². The van der Waals surface area contributed by atoms with E-state index in [-0.39, 0.29) is 18.7 Å². The number of carbonyl (C=O) groups is 2. The van der Waals surface area contributed by atoms with Gasteiger partial charge in [0.1, 0.15) is 12.4 Å². The van der Waals surface area contributed by atoms with Crippen molar-refractivity contribution in [3.63, 3.8) is 0 Å². The molecule has 0 bridgehead atoms. The molecule has 2 aromatic carbocycles. The molecule has 2 aromatic rings. The van der Waals surface area contributed by atoms with Crippen LogP contribution in [0.15, 0.2) is 54.6 Å². The molecule has 0 aromatic heterocycles. The van der Waals surface area contributed by atoms with Crippen molar-refractivity contribution < 1.29 is 23.8 Å². The second-order valence-electron chi connectivity index (χ2n) is 4.89. The molecule has 0 aliphatic carbocycles. The first-order valence-electron chi connectivity index (χ1n) is 6.99. The number of hydrogen-bond donors (Lipinski definition) is 2. The first-order valence-corrected chi connectivity index (χ1v) is 6.99. The van der Waals surface area contributed by atoms with Gasteiger partial charge in [-0.3, -0.25) is 4.79 Å². The number of carboxylic acid groups (broad SMARTS) is 1. The summed E-state index contributed by atoms with van der Waals surface area (Å²) in [6, 6.07) is 14.4. The number of alkyl carbamates (subject to hydrolysis) is 1. The van der Waals surface area contributed by atoms with Crippen LogP contribution < -0.4 is 5.32 Å². The fourth-order valence-corrected chi connectivity index (χ4v) is 2.03. The van der Waals surface area contributed by atoms with Crippen molar-refractivity contribution >= 4 is 12.1 Å². The van der Waals surface area contributed by atoms with E-state index in [1.807, 2.05) is 18.2 Å². The zero-order chi connectivity index (χ0) is 16.7. The summed E-state index contributed by atoms with van der Waals surface area (Å²) in [7, 11) is 0. The summed E-state index contributed by atoms with van der Waals surface area (Å²) in [5.74, 6) is -2.73. The van der Waals surface area contributed by atoms with Crippen LogP contribution in [0.5, 0.6) is 0 Å². The summed E-state index contributed by atoms with van der Waals surface area (Å²) < 4.78 is 18.2. The first kappa shape index (κ1) is 16.5. The molecule has 2 N–H and O–H groups in total. The monoisotopic (exact) mass is 317 g/mol. The molecule has 0 saturated carbocycles. The molecule has 0 aliphatic heterocycles. The summed E-state index contributed by atoms with van der Waals surface area (Å²) in [6.07, 6.45) is -0.725. The lowest BCUT2D eigenvalue weighted by atomic mass is 9.99. The minimum Gasteiger partial charge on any atom is -0.481 e. The first-order chi connectivity index (χ1) is 11.1. The third kappa shape index (κ3) is 5.10. The maximum atomic E-state index is 13.2. The van der Waals surface area contributed by atoms with Crippen LogP contribution >= 0.6 is 0 Å². The van der Waals surface area contributed by atoms with E-state index < -0.39 is 23.8 Å². The standard InChI is InChI=1S/C17H16FNO4/c18-14-8-4-7-13(9-14)15(16(20)21)10-19-17(22)23-11-12-5-2-1-3-6-12/h1-9,15H,10-11H2,(H,19,22)(H,20,21). The van der Waals surface area contributed by atoms with Crippen molar-refractivity contribution in [1.29, 1.82) is 0 Å². The van der Waals surface area contributed by atoms with Gasteiger partial charge in [-0.2, -0.15) is 0 Å². The third-order valence-electron chi connectivity index (χ3n) is 3.21. The highest BCUT2D eigenvalue weighted by molar-refractivity contribution is 5.77. The zero-order valence-corrected chi connectivity index (χ0v) is 12.2. The molecule has 2 rings (SSSR count). The Morgan fingerprint density at radius 2 is 1.87 bits per heavy atom. The SMILES string of the molecule is O=C(NCC(C(=O)O)c1cccc(F)c1)OCc1ccccc1. The highest BCUT2D eigenvalue weighted by atomic mass is 19.1. The van der Waals surface area contributed by atoms with Crippen molar-refractivity contribution in [2.45, 2.75) is 12.5 Å². The number of rotatable bonds is 6. The fraction of sp³-hybridized carbons (Fsp3) is 0.176. The Bertz CT molecular complexity index is 675. The summed E-state index contributed by atoms with van der Waals surface area (Å²) >= 11 is 0. The number of carboxylic acids is 1. The van der Waals surface area contributed by atoms with Crippen LogP contribution in [0.1, 0.15) is 17.0 Å². The van der Waals surface area contributed by atoms with Gasteiger partial charge in [0.25, 0.3) is 0 Å². The molecule has 0 fully saturated rings. The Morgan fingerprint density at radius 3 is 2.52 bits per heavy atom. The summed E-state index contributed by atoms with van der Waals surface area (Å²) in [5, 5.41) is 11.6. The number of amides is 1. The summed E-state index contributed by atoms with van der Waals surface area (Å²) in [4.78, 5) is 22.9.